The summed E-state index contributed by atoms with van der Waals surface area (Å²) in [7, 11) is 0. The lowest BCUT2D eigenvalue weighted by Gasteiger charge is -2.36. The van der Waals surface area contributed by atoms with E-state index in [-0.39, 0.29) is 0 Å². The zero-order valence-electron chi connectivity index (χ0n) is 15.2. The van der Waals surface area contributed by atoms with Gasteiger partial charge in [-0.25, -0.2) is 4.98 Å². The monoisotopic (exact) mass is 354 g/mol. The van der Waals surface area contributed by atoms with Crippen LogP contribution in [0.4, 0.5) is 17.6 Å². The first-order chi connectivity index (χ1) is 12.7. The Bertz CT molecular complexity index is 780. The molecule has 2 saturated carbocycles. The highest BCUT2D eigenvalue weighted by molar-refractivity contribution is 5.54. The van der Waals surface area contributed by atoms with Crippen molar-refractivity contribution in [2.24, 2.45) is 5.41 Å². The fourth-order valence-corrected chi connectivity index (χ4v) is 4.30. The minimum absolute atomic E-state index is 0.313. The summed E-state index contributed by atoms with van der Waals surface area (Å²) in [6, 6.07) is 4.55. The lowest BCUT2D eigenvalue weighted by atomic mass is 9.71. The molecule has 4 aliphatic rings. The van der Waals surface area contributed by atoms with Crippen molar-refractivity contribution in [3.05, 3.63) is 24.0 Å². The Morgan fingerprint density at radius 2 is 2.23 bits per heavy atom. The lowest BCUT2D eigenvalue weighted by molar-refractivity contribution is 0.0226. The van der Waals surface area contributed by atoms with Crippen molar-refractivity contribution in [3.63, 3.8) is 0 Å². The third kappa shape index (κ3) is 2.94. The highest BCUT2D eigenvalue weighted by Gasteiger charge is 2.56. The molecule has 4 fully saturated rings. The number of nitrogens with zero attached hydrogens (tertiary/aromatic N) is 4. The molecule has 7 nitrogen and oxygen atoms in total. The number of anilines is 3. The third-order valence-electron chi connectivity index (χ3n) is 5.81. The number of fused-ring (bicyclic) bond motifs is 1. The van der Waals surface area contributed by atoms with Gasteiger partial charge in [0.1, 0.15) is 5.82 Å². The highest BCUT2D eigenvalue weighted by Crippen LogP contribution is 2.52. The Labute approximate surface area is 153 Å². The zero-order valence-corrected chi connectivity index (χ0v) is 15.2. The topological polar surface area (TPSA) is 79.0 Å². The van der Waals surface area contributed by atoms with Crippen molar-refractivity contribution < 1.29 is 4.74 Å². The molecule has 4 heterocycles. The number of aromatic nitrogens is 4. The predicted octanol–water partition coefficient (Wildman–Crippen LogP) is 3.22. The molecule has 138 valence electrons. The van der Waals surface area contributed by atoms with Gasteiger partial charge in [0, 0.05) is 48.5 Å². The molecule has 6 rings (SSSR count). The molecular weight excluding hydrogens is 328 g/mol. The summed E-state index contributed by atoms with van der Waals surface area (Å²) in [6.45, 7) is 4.87. The smallest absolute Gasteiger partial charge is 0.227 e. The molecule has 2 N–H and O–H groups in total. The van der Waals surface area contributed by atoms with Crippen molar-refractivity contribution in [3.8, 4) is 0 Å². The molecule has 2 bridgehead atoms. The summed E-state index contributed by atoms with van der Waals surface area (Å²) in [5, 5.41) is 10.8. The van der Waals surface area contributed by atoms with Gasteiger partial charge in [-0.1, -0.05) is 6.92 Å². The summed E-state index contributed by atoms with van der Waals surface area (Å²) in [6.07, 6.45) is 7.83. The van der Waals surface area contributed by atoms with Gasteiger partial charge in [0.05, 0.1) is 6.61 Å². The summed E-state index contributed by atoms with van der Waals surface area (Å²) in [4.78, 5) is 11.6. The van der Waals surface area contributed by atoms with Gasteiger partial charge in [-0.2, -0.15) is 10.1 Å². The Kier molecular flexibility index (Phi) is 3.85. The summed E-state index contributed by atoms with van der Waals surface area (Å²) in [5.41, 5.74) is 1.53. The van der Waals surface area contributed by atoms with Gasteiger partial charge in [0.25, 0.3) is 0 Å². The molecule has 0 radical (unpaired) electrons. The maximum absolute atomic E-state index is 5.83. The van der Waals surface area contributed by atoms with Crippen LogP contribution in [0.3, 0.4) is 0 Å². The number of nitrogens with one attached hydrogen (secondary N) is 2. The average Bonchev–Trinajstić information content (AvgIpc) is 3.10. The average molecular weight is 354 g/mol. The minimum Gasteiger partial charge on any atom is -0.381 e. The normalized spacial score (nSPS) is 26.8. The van der Waals surface area contributed by atoms with Gasteiger partial charge in [-0.05, 0) is 38.2 Å². The Hall–Kier alpha value is -2.15. The van der Waals surface area contributed by atoms with Crippen molar-refractivity contribution in [1.82, 2.24) is 20.2 Å². The second-order valence-corrected chi connectivity index (χ2v) is 8.09. The van der Waals surface area contributed by atoms with E-state index in [1.807, 2.05) is 12.3 Å². The van der Waals surface area contributed by atoms with Gasteiger partial charge in [-0.3, -0.25) is 5.10 Å². The maximum atomic E-state index is 5.83. The largest absolute Gasteiger partial charge is 0.381 e. The van der Waals surface area contributed by atoms with Crippen LogP contribution in [0, 0.1) is 5.41 Å². The predicted molar refractivity (Wildman–Crippen MR) is 99.8 cm³/mol. The standard InChI is InChI=1S/C19H26N6O/c1-2-7-26-12-19-9-14(10-19)25(11-19)18-20-6-5-16(22-18)21-17-8-15(23-24-17)13-3-4-13/h5-6,8,13-14H,2-4,7,9-12H2,1H3,(H2,20,21,22,23,24). The Balaban J connectivity index is 1.25. The van der Waals surface area contributed by atoms with Crippen molar-refractivity contribution in [2.45, 2.75) is 51.0 Å². The van der Waals surface area contributed by atoms with Crippen LogP contribution in [-0.4, -0.2) is 46.0 Å². The molecule has 0 unspecified atom stereocenters. The van der Waals surface area contributed by atoms with Crippen molar-refractivity contribution >= 4 is 17.6 Å². The molecule has 0 atom stereocenters. The molecule has 2 aromatic heterocycles. The van der Waals surface area contributed by atoms with E-state index in [4.69, 9.17) is 9.72 Å². The minimum atomic E-state index is 0.313. The fraction of sp³-hybridized carbons (Fsp3) is 0.632. The second kappa shape index (κ2) is 6.23. The van der Waals surface area contributed by atoms with E-state index < -0.39 is 0 Å². The first-order valence-corrected chi connectivity index (χ1v) is 9.74. The molecule has 26 heavy (non-hydrogen) atoms. The van der Waals surface area contributed by atoms with Crippen LogP contribution in [0.15, 0.2) is 18.3 Å². The van der Waals surface area contributed by atoms with Crippen LogP contribution >= 0.6 is 0 Å². The number of ether oxygens (including phenoxy) is 1. The van der Waals surface area contributed by atoms with E-state index in [0.29, 0.717) is 17.4 Å². The van der Waals surface area contributed by atoms with E-state index in [1.54, 1.807) is 0 Å². The van der Waals surface area contributed by atoms with Crippen LogP contribution in [0.1, 0.15) is 50.6 Å². The number of hydrogen-bond acceptors (Lipinski definition) is 6. The van der Waals surface area contributed by atoms with Crippen molar-refractivity contribution in [2.75, 3.05) is 30.0 Å². The fourth-order valence-electron chi connectivity index (χ4n) is 4.30. The van der Waals surface area contributed by atoms with Gasteiger partial charge in [-0.15, -0.1) is 0 Å². The quantitative estimate of drug-likeness (QED) is 0.709. The second-order valence-electron chi connectivity index (χ2n) is 8.09. The molecule has 2 saturated heterocycles. The SMILES string of the molecule is CCCOCC12CC(C1)N(c1nccc(Nc3cc(C4CC4)[nH]n3)n1)C2. The van der Waals surface area contributed by atoms with E-state index in [9.17, 15) is 0 Å². The lowest BCUT2D eigenvalue weighted by Crippen LogP contribution is -2.38. The number of H-pyrrole nitrogens is 1. The molecule has 7 heteroatoms. The molecule has 2 aromatic rings. The van der Waals surface area contributed by atoms with E-state index >= 15 is 0 Å². The summed E-state index contributed by atoms with van der Waals surface area (Å²) >= 11 is 0. The summed E-state index contributed by atoms with van der Waals surface area (Å²) < 4.78 is 5.83. The molecule has 0 spiro atoms. The number of rotatable bonds is 8. The Morgan fingerprint density at radius 1 is 1.35 bits per heavy atom. The van der Waals surface area contributed by atoms with Crippen molar-refractivity contribution in [1.29, 1.82) is 0 Å². The molecule has 0 amide bonds. The molecule has 0 aromatic carbocycles. The van der Waals surface area contributed by atoms with E-state index in [1.165, 1.54) is 31.4 Å². The Morgan fingerprint density at radius 3 is 3.04 bits per heavy atom. The number of aromatic amines is 1. The maximum Gasteiger partial charge on any atom is 0.227 e. The van der Waals surface area contributed by atoms with E-state index in [0.717, 1.165) is 43.8 Å². The molecular formula is C19H26N6O. The molecule has 2 aliphatic carbocycles. The van der Waals surface area contributed by atoms with Gasteiger partial charge in [0.2, 0.25) is 5.95 Å². The van der Waals surface area contributed by atoms with Crippen LogP contribution in [0.25, 0.3) is 0 Å². The first kappa shape index (κ1) is 16.1. The molecule has 2 aliphatic heterocycles. The van der Waals surface area contributed by atoms with Crippen LogP contribution < -0.4 is 10.2 Å². The van der Waals surface area contributed by atoms with Gasteiger partial charge >= 0.3 is 0 Å². The van der Waals surface area contributed by atoms with Crippen LogP contribution in [0.5, 0.6) is 0 Å². The number of hydrogen-bond donors (Lipinski definition) is 2. The highest BCUT2D eigenvalue weighted by atomic mass is 16.5. The van der Waals surface area contributed by atoms with Gasteiger partial charge < -0.3 is 15.0 Å². The van der Waals surface area contributed by atoms with Crippen LogP contribution in [0.2, 0.25) is 0 Å². The van der Waals surface area contributed by atoms with Crippen LogP contribution in [-0.2, 0) is 4.74 Å². The van der Waals surface area contributed by atoms with E-state index in [2.05, 4.69) is 38.4 Å². The van der Waals surface area contributed by atoms with Gasteiger partial charge in [0.15, 0.2) is 5.82 Å². The first-order valence-electron chi connectivity index (χ1n) is 9.74. The summed E-state index contributed by atoms with van der Waals surface area (Å²) in [5.74, 6) is 3.10. The zero-order chi connectivity index (χ0) is 17.6. The third-order valence-corrected chi connectivity index (χ3v) is 5.81.